The van der Waals surface area contributed by atoms with Crippen molar-refractivity contribution in [1.82, 2.24) is 0 Å². The van der Waals surface area contributed by atoms with E-state index in [1.807, 2.05) is 0 Å². The molecule has 0 atom stereocenters. The van der Waals surface area contributed by atoms with Gasteiger partial charge in [-0.25, -0.2) is 14.0 Å². The summed E-state index contributed by atoms with van der Waals surface area (Å²) in [5, 5.41) is 0. The molecule has 0 fully saturated rings. The van der Waals surface area contributed by atoms with Crippen LogP contribution in [0.4, 0.5) is 4.39 Å². The molecule has 0 aliphatic carbocycles. The van der Waals surface area contributed by atoms with Crippen LogP contribution in [0, 0.1) is 5.82 Å². The van der Waals surface area contributed by atoms with Crippen LogP contribution in [0.3, 0.4) is 0 Å². The molecule has 27 heavy (non-hydrogen) atoms. The normalized spacial score (nSPS) is 10.2. The first-order chi connectivity index (χ1) is 12.8. The van der Waals surface area contributed by atoms with Gasteiger partial charge in [-0.1, -0.05) is 37.4 Å². The molecule has 0 saturated carbocycles. The monoisotopic (exact) mass is 368 g/mol. The molecule has 2 aromatic rings. The molecule has 0 unspecified atom stereocenters. The highest BCUT2D eigenvalue weighted by molar-refractivity contribution is 5.88. The lowest BCUT2D eigenvalue weighted by atomic mass is 10.0. The zero-order chi connectivity index (χ0) is 20.0. The first kappa shape index (κ1) is 20.1. The molecule has 0 spiro atoms. The van der Waals surface area contributed by atoms with Crippen LogP contribution in [0.15, 0.2) is 66.8 Å². The van der Waals surface area contributed by atoms with Crippen molar-refractivity contribution >= 4 is 11.9 Å². The van der Waals surface area contributed by atoms with Gasteiger partial charge in [-0.2, -0.15) is 0 Å². The minimum Gasteiger partial charge on any atom is -0.462 e. The van der Waals surface area contributed by atoms with Crippen molar-refractivity contribution in [2.75, 3.05) is 6.61 Å². The van der Waals surface area contributed by atoms with E-state index in [4.69, 9.17) is 9.47 Å². The number of esters is 2. The van der Waals surface area contributed by atoms with Crippen LogP contribution in [-0.2, 0) is 20.7 Å². The van der Waals surface area contributed by atoms with E-state index < -0.39 is 11.9 Å². The SMILES string of the molecule is C=C(C)C(=O)OCCc1ccc(-c2ccc(OC(=O)C(=C)C)cc2)c(F)c1. The van der Waals surface area contributed by atoms with Gasteiger partial charge < -0.3 is 9.47 Å². The second kappa shape index (κ2) is 8.94. The van der Waals surface area contributed by atoms with Gasteiger partial charge in [-0.15, -0.1) is 0 Å². The summed E-state index contributed by atoms with van der Waals surface area (Å²) in [6.45, 7) is 10.3. The standard InChI is InChI=1S/C22H21FO4/c1-14(2)21(24)26-12-11-16-5-10-19(20(23)13-16)17-6-8-18(9-7-17)27-22(25)15(3)4/h5-10,13H,1,3,11-12H2,2,4H3. The Kier molecular flexibility index (Phi) is 6.66. The minimum absolute atomic E-state index is 0.160. The highest BCUT2D eigenvalue weighted by atomic mass is 19.1. The van der Waals surface area contributed by atoms with Crippen molar-refractivity contribution in [2.24, 2.45) is 0 Å². The molecule has 5 heteroatoms. The second-order valence-corrected chi connectivity index (χ2v) is 6.17. The lowest BCUT2D eigenvalue weighted by Crippen LogP contribution is -2.08. The van der Waals surface area contributed by atoms with Crippen molar-refractivity contribution < 1.29 is 23.5 Å². The minimum atomic E-state index is -0.509. The summed E-state index contributed by atoms with van der Waals surface area (Å²) in [7, 11) is 0. The van der Waals surface area contributed by atoms with Crippen molar-refractivity contribution in [1.29, 1.82) is 0 Å². The average Bonchev–Trinajstić information content (AvgIpc) is 2.62. The Hall–Kier alpha value is -3.21. The third kappa shape index (κ3) is 5.64. The summed E-state index contributed by atoms with van der Waals surface area (Å²) >= 11 is 0. The van der Waals surface area contributed by atoms with Gasteiger partial charge in [0.2, 0.25) is 0 Å². The Labute approximate surface area is 157 Å². The Bertz CT molecular complexity index is 882. The fourth-order valence-electron chi connectivity index (χ4n) is 2.23. The number of benzene rings is 2. The zero-order valence-corrected chi connectivity index (χ0v) is 15.4. The van der Waals surface area contributed by atoms with E-state index in [9.17, 15) is 14.0 Å². The van der Waals surface area contributed by atoms with E-state index in [0.29, 0.717) is 34.4 Å². The summed E-state index contributed by atoms with van der Waals surface area (Å²) in [5.41, 5.74) is 2.43. The van der Waals surface area contributed by atoms with Crippen LogP contribution in [0.1, 0.15) is 19.4 Å². The van der Waals surface area contributed by atoms with E-state index >= 15 is 0 Å². The zero-order valence-electron chi connectivity index (χ0n) is 15.4. The molecule has 0 N–H and O–H groups in total. The molecule has 0 bridgehead atoms. The molecule has 140 valence electrons. The van der Waals surface area contributed by atoms with Crippen LogP contribution >= 0.6 is 0 Å². The van der Waals surface area contributed by atoms with E-state index in [0.717, 1.165) is 5.56 Å². The van der Waals surface area contributed by atoms with Gasteiger partial charge in [-0.05, 0) is 43.2 Å². The lowest BCUT2D eigenvalue weighted by molar-refractivity contribution is -0.138. The molecule has 2 aromatic carbocycles. The first-order valence-corrected chi connectivity index (χ1v) is 8.37. The topological polar surface area (TPSA) is 52.6 Å². The van der Waals surface area contributed by atoms with Gasteiger partial charge in [0.15, 0.2) is 0 Å². The van der Waals surface area contributed by atoms with Crippen LogP contribution < -0.4 is 4.74 Å². The number of rotatable bonds is 7. The highest BCUT2D eigenvalue weighted by Gasteiger charge is 2.09. The lowest BCUT2D eigenvalue weighted by Gasteiger charge is -2.09. The van der Waals surface area contributed by atoms with Gasteiger partial charge >= 0.3 is 11.9 Å². The Morgan fingerprint density at radius 2 is 1.59 bits per heavy atom. The molecular formula is C22H21FO4. The summed E-state index contributed by atoms with van der Waals surface area (Å²) in [4.78, 5) is 22.8. The molecule has 4 nitrogen and oxygen atoms in total. The van der Waals surface area contributed by atoms with Gasteiger partial charge in [-0.3, -0.25) is 0 Å². The van der Waals surface area contributed by atoms with Gasteiger partial charge in [0.25, 0.3) is 0 Å². The van der Waals surface area contributed by atoms with E-state index in [1.165, 1.54) is 6.07 Å². The van der Waals surface area contributed by atoms with Gasteiger partial charge in [0.05, 0.1) is 6.61 Å². The smallest absolute Gasteiger partial charge is 0.338 e. The van der Waals surface area contributed by atoms with Crippen LogP contribution in [0.2, 0.25) is 0 Å². The first-order valence-electron chi connectivity index (χ1n) is 8.37. The quantitative estimate of drug-likeness (QED) is 0.406. The number of carbonyl (C=O) groups excluding carboxylic acids is 2. The number of carbonyl (C=O) groups is 2. The summed E-state index contributed by atoms with van der Waals surface area (Å²) in [5.74, 6) is -0.987. The van der Waals surface area contributed by atoms with E-state index in [2.05, 4.69) is 13.2 Å². The van der Waals surface area contributed by atoms with Crippen LogP contribution in [-0.4, -0.2) is 18.5 Å². The van der Waals surface area contributed by atoms with E-state index in [-0.39, 0.29) is 12.4 Å². The van der Waals surface area contributed by atoms with Crippen LogP contribution in [0.25, 0.3) is 11.1 Å². The van der Waals surface area contributed by atoms with Gasteiger partial charge in [0.1, 0.15) is 11.6 Å². The molecule has 0 aliphatic rings. The summed E-state index contributed by atoms with van der Waals surface area (Å²) in [6.07, 6.45) is 0.409. The number of hydrogen-bond acceptors (Lipinski definition) is 4. The fourth-order valence-corrected chi connectivity index (χ4v) is 2.23. The average molecular weight is 368 g/mol. The second-order valence-electron chi connectivity index (χ2n) is 6.17. The third-order valence-corrected chi connectivity index (χ3v) is 3.73. The predicted molar refractivity (Wildman–Crippen MR) is 102 cm³/mol. The number of ether oxygens (including phenoxy) is 2. The summed E-state index contributed by atoms with van der Waals surface area (Å²) in [6, 6.07) is 11.4. The Morgan fingerprint density at radius 3 is 2.15 bits per heavy atom. The molecule has 2 rings (SSSR count). The molecule has 0 aliphatic heterocycles. The largest absolute Gasteiger partial charge is 0.462 e. The summed E-state index contributed by atoms with van der Waals surface area (Å²) < 4.78 is 24.6. The van der Waals surface area contributed by atoms with Crippen LogP contribution in [0.5, 0.6) is 5.75 Å². The molecule has 0 saturated heterocycles. The number of halogens is 1. The maximum absolute atomic E-state index is 14.4. The third-order valence-electron chi connectivity index (χ3n) is 3.73. The molecule has 0 amide bonds. The molecular weight excluding hydrogens is 347 g/mol. The van der Waals surface area contributed by atoms with Crippen molar-refractivity contribution in [2.45, 2.75) is 20.3 Å². The Morgan fingerprint density at radius 1 is 0.963 bits per heavy atom. The number of hydrogen-bond donors (Lipinski definition) is 0. The van der Waals surface area contributed by atoms with Crippen molar-refractivity contribution in [3.63, 3.8) is 0 Å². The Balaban J connectivity index is 2.04. The van der Waals surface area contributed by atoms with E-state index in [1.54, 1.807) is 50.2 Å². The highest BCUT2D eigenvalue weighted by Crippen LogP contribution is 2.26. The van der Waals surface area contributed by atoms with Crippen molar-refractivity contribution in [3.8, 4) is 16.9 Å². The van der Waals surface area contributed by atoms with Gasteiger partial charge in [0, 0.05) is 23.1 Å². The fraction of sp³-hybridized carbons (Fsp3) is 0.182. The maximum Gasteiger partial charge on any atom is 0.338 e. The molecule has 0 radical (unpaired) electrons. The predicted octanol–water partition coefficient (Wildman–Crippen LogP) is 4.64. The molecule has 0 aromatic heterocycles. The maximum atomic E-state index is 14.4. The molecule has 0 heterocycles. The van der Waals surface area contributed by atoms with Crippen molar-refractivity contribution in [3.05, 3.63) is 78.1 Å².